The van der Waals surface area contributed by atoms with Crippen molar-refractivity contribution in [2.24, 2.45) is 5.73 Å². The molecule has 1 fully saturated rings. The number of anilines is 1. The smallest absolute Gasteiger partial charge is 0.0412 e. The minimum absolute atomic E-state index is 0.309. The summed E-state index contributed by atoms with van der Waals surface area (Å²) in [6.07, 6.45) is 4.94. The molecule has 2 heteroatoms. The second-order valence-corrected chi connectivity index (χ2v) is 5.44. The van der Waals surface area contributed by atoms with Gasteiger partial charge >= 0.3 is 0 Å². The maximum atomic E-state index is 6.19. The quantitative estimate of drug-likeness (QED) is 0.837. The van der Waals surface area contributed by atoms with Crippen LogP contribution in [0.25, 0.3) is 0 Å². The molecule has 17 heavy (non-hydrogen) atoms. The summed E-state index contributed by atoms with van der Waals surface area (Å²) in [5, 5.41) is 3.66. The van der Waals surface area contributed by atoms with Crippen LogP contribution in [0.15, 0.2) is 24.3 Å². The van der Waals surface area contributed by atoms with E-state index in [1.54, 1.807) is 0 Å². The van der Waals surface area contributed by atoms with E-state index in [-0.39, 0.29) is 0 Å². The highest BCUT2D eigenvalue weighted by Crippen LogP contribution is 2.27. The van der Waals surface area contributed by atoms with E-state index in [4.69, 9.17) is 5.73 Å². The third kappa shape index (κ3) is 3.01. The highest BCUT2D eigenvalue weighted by molar-refractivity contribution is 5.53. The lowest BCUT2D eigenvalue weighted by atomic mass is 9.90. The Morgan fingerprint density at radius 3 is 2.59 bits per heavy atom. The molecule has 1 aromatic carbocycles. The van der Waals surface area contributed by atoms with Crippen LogP contribution in [-0.4, -0.2) is 12.1 Å². The molecule has 1 aliphatic carbocycles. The normalized spacial score (nSPS) is 24.9. The van der Waals surface area contributed by atoms with Crippen LogP contribution < -0.4 is 11.1 Å². The van der Waals surface area contributed by atoms with Crippen molar-refractivity contribution in [2.75, 3.05) is 5.32 Å². The molecule has 2 atom stereocenters. The first-order valence-electron chi connectivity index (χ1n) is 6.79. The first kappa shape index (κ1) is 12.4. The van der Waals surface area contributed by atoms with Gasteiger partial charge in [-0.3, -0.25) is 0 Å². The Kier molecular flexibility index (Phi) is 4.06. The van der Waals surface area contributed by atoms with Crippen LogP contribution in [0.1, 0.15) is 51.0 Å². The molecule has 2 rings (SSSR count). The van der Waals surface area contributed by atoms with Gasteiger partial charge in [-0.05, 0) is 30.4 Å². The molecule has 0 aromatic heterocycles. The zero-order valence-electron chi connectivity index (χ0n) is 10.9. The summed E-state index contributed by atoms with van der Waals surface area (Å²) in [6.45, 7) is 4.47. The summed E-state index contributed by atoms with van der Waals surface area (Å²) < 4.78 is 0. The Balaban J connectivity index is 2.12. The maximum Gasteiger partial charge on any atom is 0.0412 e. The number of nitrogens with one attached hydrogen (secondary N) is 1. The number of para-hydroxylation sites is 1. The van der Waals surface area contributed by atoms with Crippen molar-refractivity contribution >= 4 is 5.69 Å². The molecule has 0 aliphatic heterocycles. The fraction of sp³-hybridized carbons (Fsp3) is 0.600. The van der Waals surface area contributed by atoms with Gasteiger partial charge in [0.1, 0.15) is 0 Å². The van der Waals surface area contributed by atoms with Crippen LogP contribution in [0.5, 0.6) is 0 Å². The Morgan fingerprint density at radius 1 is 1.18 bits per heavy atom. The monoisotopic (exact) mass is 232 g/mol. The van der Waals surface area contributed by atoms with Crippen LogP contribution in [0, 0.1) is 0 Å². The second kappa shape index (κ2) is 5.54. The Morgan fingerprint density at radius 2 is 1.88 bits per heavy atom. The van der Waals surface area contributed by atoms with Gasteiger partial charge in [-0.2, -0.15) is 0 Å². The van der Waals surface area contributed by atoms with Gasteiger partial charge in [-0.1, -0.05) is 44.9 Å². The molecule has 94 valence electrons. The summed E-state index contributed by atoms with van der Waals surface area (Å²) in [7, 11) is 0. The minimum Gasteiger partial charge on any atom is -0.381 e. The lowest BCUT2D eigenvalue weighted by molar-refractivity contribution is 0.404. The third-order valence-corrected chi connectivity index (χ3v) is 3.74. The van der Waals surface area contributed by atoms with Crippen molar-refractivity contribution in [2.45, 2.75) is 57.5 Å². The average molecular weight is 232 g/mol. The van der Waals surface area contributed by atoms with Crippen LogP contribution >= 0.6 is 0 Å². The molecule has 2 unspecified atom stereocenters. The zero-order chi connectivity index (χ0) is 12.3. The van der Waals surface area contributed by atoms with Crippen molar-refractivity contribution in [1.29, 1.82) is 0 Å². The molecule has 3 N–H and O–H groups in total. The SMILES string of the molecule is CC(C)c1ccccc1NC1CCCCC1N. The molecule has 2 nitrogen and oxygen atoms in total. The van der Waals surface area contributed by atoms with Gasteiger partial charge in [0.05, 0.1) is 0 Å². The van der Waals surface area contributed by atoms with Crippen molar-refractivity contribution in [1.82, 2.24) is 0 Å². The van der Waals surface area contributed by atoms with E-state index < -0.39 is 0 Å². The first-order chi connectivity index (χ1) is 8.18. The molecular weight excluding hydrogens is 208 g/mol. The van der Waals surface area contributed by atoms with Crippen molar-refractivity contribution < 1.29 is 0 Å². The largest absolute Gasteiger partial charge is 0.381 e. The number of nitrogens with two attached hydrogens (primary N) is 1. The maximum absolute atomic E-state index is 6.19. The van der Waals surface area contributed by atoms with Gasteiger partial charge in [0.2, 0.25) is 0 Å². The van der Waals surface area contributed by atoms with E-state index in [9.17, 15) is 0 Å². The van der Waals surface area contributed by atoms with Crippen molar-refractivity contribution in [3.8, 4) is 0 Å². The van der Waals surface area contributed by atoms with Crippen molar-refractivity contribution in [3.05, 3.63) is 29.8 Å². The van der Waals surface area contributed by atoms with Crippen LogP contribution in [0.2, 0.25) is 0 Å². The summed E-state index contributed by atoms with van der Waals surface area (Å²) in [4.78, 5) is 0. The number of benzene rings is 1. The second-order valence-electron chi connectivity index (χ2n) is 5.44. The van der Waals surface area contributed by atoms with Crippen molar-refractivity contribution in [3.63, 3.8) is 0 Å². The van der Waals surface area contributed by atoms with E-state index in [1.807, 2.05) is 0 Å². The summed E-state index contributed by atoms with van der Waals surface area (Å²) in [6, 6.07) is 9.36. The van der Waals surface area contributed by atoms with Gasteiger partial charge in [-0.15, -0.1) is 0 Å². The van der Waals surface area contributed by atoms with E-state index in [0.717, 1.165) is 6.42 Å². The Labute approximate surface area is 105 Å². The molecule has 0 saturated heterocycles. The minimum atomic E-state index is 0.309. The summed E-state index contributed by atoms with van der Waals surface area (Å²) in [5.74, 6) is 0.554. The van der Waals surface area contributed by atoms with Gasteiger partial charge in [0, 0.05) is 17.8 Å². The fourth-order valence-corrected chi connectivity index (χ4v) is 2.67. The highest BCUT2D eigenvalue weighted by atomic mass is 15.0. The average Bonchev–Trinajstić information content (AvgIpc) is 2.32. The van der Waals surface area contributed by atoms with Crippen LogP contribution in [0.4, 0.5) is 5.69 Å². The van der Waals surface area contributed by atoms with E-state index >= 15 is 0 Å². The molecule has 0 radical (unpaired) electrons. The van der Waals surface area contributed by atoms with E-state index in [0.29, 0.717) is 18.0 Å². The molecule has 1 aromatic rings. The Hall–Kier alpha value is -1.02. The number of hydrogen-bond acceptors (Lipinski definition) is 2. The molecule has 1 saturated carbocycles. The predicted octanol–water partition coefficient (Wildman–Crippen LogP) is 3.49. The van der Waals surface area contributed by atoms with Gasteiger partial charge in [0.25, 0.3) is 0 Å². The predicted molar refractivity (Wildman–Crippen MR) is 74.4 cm³/mol. The molecule has 0 spiro atoms. The number of hydrogen-bond donors (Lipinski definition) is 2. The van der Waals surface area contributed by atoms with Crippen LogP contribution in [0.3, 0.4) is 0 Å². The first-order valence-corrected chi connectivity index (χ1v) is 6.79. The lowest BCUT2D eigenvalue weighted by Crippen LogP contribution is -2.42. The van der Waals surface area contributed by atoms with Gasteiger partial charge in [-0.25, -0.2) is 0 Å². The topological polar surface area (TPSA) is 38.0 Å². The lowest BCUT2D eigenvalue weighted by Gasteiger charge is -2.31. The zero-order valence-corrected chi connectivity index (χ0v) is 10.9. The number of rotatable bonds is 3. The van der Waals surface area contributed by atoms with E-state index in [2.05, 4.69) is 43.4 Å². The summed E-state index contributed by atoms with van der Waals surface area (Å²) >= 11 is 0. The molecular formula is C15H24N2. The molecule has 0 amide bonds. The Bertz CT molecular complexity index is 360. The van der Waals surface area contributed by atoms with Gasteiger partial charge < -0.3 is 11.1 Å². The highest BCUT2D eigenvalue weighted by Gasteiger charge is 2.22. The van der Waals surface area contributed by atoms with Crippen LogP contribution in [-0.2, 0) is 0 Å². The summed E-state index contributed by atoms with van der Waals surface area (Å²) in [5.41, 5.74) is 8.85. The molecule has 1 aliphatic rings. The third-order valence-electron chi connectivity index (χ3n) is 3.74. The molecule has 0 bridgehead atoms. The molecule has 0 heterocycles. The van der Waals surface area contributed by atoms with Gasteiger partial charge in [0.15, 0.2) is 0 Å². The fourth-order valence-electron chi connectivity index (χ4n) is 2.67. The van der Waals surface area contributed by atoms with E-state index in [1.165, 1.54) is 30.5 Å². The standard InChI is InChI=1S/C15H24N2/c1-11(2)12-7-3-5-9-14(12)17-15-10-6-4-8-13(15)16/h3,5,7,9,11,13,15,17H,4,6,8,10,16H2,1-2H3.